The van der Waals surface area contributed by atoms with Gasteiger partial charge in [0, 0.05) is 12.0 Å². The topological polar surface area (TPSA) is 29.1 Å². The summed E-state index contributed by atoms with van der Waals surface area (Å²) in [5.74, 6) is 0.525. The summed E-state index contributed by atoms with van der Waals surface area (Å²) in [6, 6.07) is 0.227. The number of carbonyl (C=O) groups excluding carboxylic acids is 1. The smallest absolute Gasteiger partial charge is 0.223 e. The Morgan fingerprint density at radius 1 is 0.938 bits per heavy atom. The maximum atomic E-state index is 12.0. The SMILES string of the molecule is O=C(N[C@@H]1CCCC[C@H]1Cl)C1CCCCC1. The Kier molecular flexibility index (Phi) is 4.51. The molecule has 2 saturated carbocycles. The molecule has 0 saturated heterocycles. The second-order valence-electron chi connectivity index (χ2n) is 5.25. The van der Waals surface area contributed by atoms with Gasteiger partial charge in [-0.3, -0.25) is 4.79 Å². The Balaban J connectivity index is 1.80. The van der Waals surface area contributed by atoms with Crippen LogP contribution in [0.1, 0.15) is 57.8 Å². The molecule has 1 amide bonds. The molecule has 0 aliphatic heterocycles. The summed E-state index contributed by atoms with van der Waals surface area (Å²) in [6.07, 6.45) is 10.4. The van der Waals surface area contributed by atoms with Crippen molar-refractivity contribution in [2.75, 3.05) is 0 Å². The first kappa shape index (κ1) is 12.2. The molecule has 0 aromatic rings. The van der Waals surface area contributed by atoms with Crippen LogP contribution in [0.5, 0.6) is 0 Å². The molecule has 0 spiro atoms. The summed E-state index contributed by atoms with van der Waals surface area (Å²) >= 11 is 6.25. The first-order chi connectivity index (χ1) is 7.77. The van der Waals surface area contributed by atoms with Crippen molar-refractivity contribution >= 4 is 17.5 Å². The average Bonchev–Trinajstić information content (AvgIpc) is 2.33. The number of rotatable bonds is 2. The van der Waals surface area contributed by atoms with Gasteiger partial charge in [-0.1, -0.05) is 32.1 Å². The van der Waals surface area contributed by atoms with E-state index in [1.165, 1.54) is 32.1 Å². The fourth-order valence-corrected chi connectivity index (χ4v) is 3.26. The van der Waals surface area contributed by atoms with E-state index in [9.17, 15) is 4.79 Å². The predicted octanol–water partition coefficient (Wildman–Crippen LogP) is 3.23. The minimum Gasteiger partial charge on any atom is -0.352 e. The van der Waals surface area contributed by atoms with Gasteiger partial charge in [-0.2, -0.15) is 0 Å². The van der Waals surface area contributed by atoms with Gasteiger partial charge in [-0.05, 0) is 25.7 Å². The Morgan fingerprint density at radius 3 is 2.25 bits per heavy atom. The third kappa shape index (κ3) is 3.13. The minimum atomic E-state index is 0.154. The quantitative estimate of drug-likeness (QED) is 0.742. The highest BCUT2D eigenvalue weighted by Crippen LogP contribution is 2.26. The first-order valence-corrected chi connectivity index (χ1v) is 7.15. The van der Waals surface area contributed by atoms with Gasteiger partial charge in [0.1, 0.15) is 0 Å². The number of alkyl halides is 1. The van der Waals surface area contributed by atoms with Crippen LogP contribution in [0.15, 0.2) is 0 Å². The average molecular weight is 244 g/mol. The van der Waals surface area contributed by atoms with E-state index in [1.807, 2.05) is 0 Å². The molecule has 0 aromatic carbocycles. The van der Waals surface area contributed by atoms with Crippen LogP contribution >= 0.6 is 11.6 Å². The van der Waals surface area contributed by atoms with Gasteiger partial charge in [0.05, 0.1) is 5.38 Å². The fraction of sp³-hybridized carbons (Fsp3) is 0.923. The molecule has 0 radical (unpaired) electrons. The van der Waals surface area contributed by atoms with Gasteiger partial charge >= 0.3 is 0 Å². The number of amides is 1. The number of hydrogen-bond acceptors (Lipinski definition) is 1. The standard InChI is InChI=1S/C13H22ClNO/c14-11-8-4-5-9-12(11)15-13(16)10-6-2-1-3-7-10/h10-12H,1-9H2,(H,15,16)/t11-,12-/m1/s1. The highest BCUT2D eigenvalue weighted by molar-refractivity contribution is 6.21. The summed E-state index contributed by atoms with van der Waals surface area (Å²) in [7, 11) is 0. The van der Waals surface area contributed by atoms with Crippen LogP contribution in [0.25, 0.3) is 0 Å². The van der Waals surface area contributed by atoms with Crippen molar-refractivity contribution in [3.63, 3.8) is 0 Å². The van der Waals surface area contributed by atoms with E-state index < -0.39 is 0 Å². The highest BCUT2D eigenvalue weighted by Gasteiger charge is 2.28. The molecular weight excluding hydrogens is 222 g/mol. The summed E-state index contributed by atoms with van der Waals surface area (Å²) in [5.41, 5.74) is 0. The Hall–Kier alpha value is -0.240. The molecule has 3 heteroatoms. The molecular formula is C13H22ClNO. The predicted molar refractivity (Wildman–Crippen MR) is 66.6 cm³/mol. The molecule has 92 valence electrons. The Morgan fingerprint density at radius 2 is 1.56 bits per heavy atom. The number of halogens is 1. The molecule has 2 rings (SSSR count). The zero-order valence-electron chi connectivity index (χ0n) is 9.88. The van der Waals surface area contributed by atoms with Gasteiger partial charge in [0.2, 0.25) is 5.91 Å². The van der Waals surface area contributed by atoms with Gasteiger partial charge < -0.3 is 5.32 Å². The van der Waals surface area contributed by atoms with Crippen molar-refractivity contribution in [2.24, 2.45) is 5.92 Å². The lowest BCUT2D eigenvalue weighted by atomic mass is 9.87. The van der Waals surface area contributed by atoms with Crippen molar-refractivity contribution in [1.82, 2.24) is 5.32 Å². The van der Waals surface area contributed by atoms with E-state index in [2.05, 4.69) is 5.32 Å². The van der Waals surface area contributed by atoms with Crippen LogP contribution in [0, 0.1) is 5.92 Å². The van der Waals surface area contributed by atoms with Crippen LogP contribution in [0.2, 0.25) is 0 Å². The Bertz CT molecular complexity index is 238. The van der Waals surface area contributed by atoms with E-state index in [-0.39, 0.29) is 23.2 Å². The summed E-state index contributed by atoms with van der Waals surface area (Å²) in [5, 5.41) is 3.32. The maximum absolute atomic E-state index is 12.0. The van der Waals surface area contributed by atoms with Crippen molar-refractivity contribution in [3.05, 3.63) is 0 Å². The van der Waals surface area contributed by atoms with Gasteiger partial charge in [-0.25, -0.2) is 0 Å². The lowest BCUT2D eigenvalue weighted by Gasteiger charge is -2.30. The molecule has 2 atom stereocenters. The number of carbonyl (C=O) groups is 1. The molecule has 2 aliphatic rings. The van der Waals surface area contributed by atoms with Crippen LogP contribution in [-0.4, -0.2) is 17.3 Å². The van der Waals surface area contributed by atoms with Crippen molar-refractivity contribution in [3.8, 4) is 0 Å². The molecule has 2 fully saturated rings. The summed E-state index contributed by atoms with van der Waals surface area (Å²) in [4.78, 5) is 12.0. The zero-order valence-corrected chi connectivity index (χ0v) is 10.6. The molecule has 0 heterocycles. The van der Waals surface area contributed by atoms with E-state index >= 15 is 0 Å². The zero-order chi connectivity index (χ0) is 11.4. The van der Waals surface area contributed by atoms with Gasteiger partial charge in [0.25, 0.3) is 0 Å². The van der Waals surface area contributed by atoms with Crippen LogP contribution in [0.4, 0.5) is 0 Å². The molecule has 0 aromatic heterocycles. The van der Waals surface area contributed by atoms with E-state index in [4.69, 9.17) is 11.6 Å². The van der Waals surface area contributed by atoms with E-state index in [0.717, 1.165) is 25.7 Å². The lowest BCUT2D eigenvalue weighted by molar-refractivity contribution is -0.126. The lowest BCUT2D eigenvalue weighted by Crippen LogP contribution is -2.45. The number of nitrogens with one attached hydrogen (secondary N) is 1. The fourth-order valence-electron chi connectivity index (χ4n) is 2.91. The van der Waals surface area contributed by atoms with Gasteiger partial charge in [0.15, 0.2) is 0 Å². The molecule has 16 heavy (non-hydrogen) atoms. The number of hydrogen-bond donors (Lipinski definition) is 1. The molecule has 1 N–H and O–H groups in total. The monoisotopic (exact) mass is 243 g/mol. The second-order valence-corrected chi connectivity index (χ2v) is 5.81. The molecule has 2 aliphatic carbocycles. The maximum Gasteiger partial charge on any atom is 0.223 e. The third-order valence-corrected chi connectivity index (χ3v) is 4.51. The van der Waals surface area contributed by atoms with Crippen molar-refractivity contribution in [2.45, 2.75) is 69.2 Å². The third-order valence-electron chi connectivity index (χ3n) is 3.99. The van der Waals surface area contributed by atoms with E-state index in [0.29, 0.717) is 0 Å². The summed E-state index contributed by atoms with van der Waals surface area (Å²) < 4.78 is 0. The Labute approximate surface area is 103 Å². The van der Waals surface area contributed by atoms with Crippen molar-refractivity contribution in [1.29, 1.82) is 0 Å². The van der Waals surface area contributed by atoms with Crippen molar-refractivity contribution < 1.29 is 4.79 Å². The first-order valence-electron chi connectivity index (χ1n) is 6.72. The normalized spacial score (nSPS) is 32.3. The van der Waals surface area contributed by atoms with Crippen LogP contribution < -0.4 is 5.32 Å². The second kappa shape index (κ2) is 5.90. The van der Waals surface area contributed by atoms with Gasteiger partial charge in [-0.15, -0.1) is 11.6 Å². The summed E-state index contributed by atoms with van der Waals surface area (Å²) in [6.45, 7) is 0. The largest absolute Gasteiger partial charge is 0.352 e. The molecule has 0 bridgehead atoms. The minimum absolute atomic E-state index is 0.154. The van der Waals surface area contributed by atoms with E-state index in [1.54, 1.807) is 0 Å². The highest BCUT2D eigenvalue weighted by atomic mass is 35.5. The molecule has 2 nitrogen and oxygen atoms in total. The molecule has 0 unspecified atom stereocenters. The van der Waals surface area contributed by atoms with Crippen LogP contribution in [0.3, 0.4) is 0 Å². The van der Waals surface area contributed by atoms with Crippen LogP contribution in [-0.2, 0) is 4.79 Å².